The third kappa shape index (κ3) is 2.74. The lowest BCUT2D eigenvalue weighted by molar-refractivity contribution is -0.143. The van der Waals surface area contributed by atoms with Gasteiger partial charge in [-0.05, 0) is 29.2 Å². The molecule has 4 heteroatoms. The lowest BCUT2D eigenvalue weighted by Gasteiger charge is -2.31. The first-order valence-electron chi connectivity index (χ1n) is 7.33. The van der Waals surface area contributed by atoms with Gasteiger partial charge in [-0.2, -0.15) is 0 Å². The molecule has 0 spiro atoms. The van der Waals surface area contributed by atoms with E-state index in [0.29, 0.717) is 19.5 Å². The van der Waals surface area contributed by atoms with Gasteiger partial charge in [0, 0.05) is 20.2 Å². The van der Waals surface area contributed by atoms with E-state index in [1.807, 2.05) is 36.4 Å². The fraction of sp³-hybridized carbons (Fsp3) is 0.278. The standard InChI is InChI=1S/C18H18FNO2/c1-22-17(13-6-3-2-4-7-13)18(21)20-11-10-15-14(12-20)8-5-9-16(15)19/h2-9,17H,10-12H2,1H3/t17-/m1/s1. The molecule has 22 heavy (non-hydrogen) atoms. The molecule has 2 aromatic rings. The minimum Gasteiger partial charge on any atom is -0.367 e. The Labute approximate surface area is 129 Å². The molecule has 2 aromatic carbocycles. The number of nitrogens with zero attached hydrogens (tertiary/aromatic N) is 1. The molecule has 0 radical (unpaired) electrons. The fourth-order valence-corrected chi connectivity index (χ4v) is 2.92. The largest absolute Gasteiger partial charge is 0.367 e. The van der Waals surface area contributed by atoms with Crippen LogP contribution in [0.15, 0.2) is 48.5 Å². The first-order valence-corrected chi connectivity index (χ1v) is 7.33. The molecule has 3 rings (SSSR count). The monoisotopic (exact) mass is 299 g/mol. The van der Waals surface area contributed by atoms with Crippen molar-refractivity contribution < 1.29 is 13.9 Å². The van der Waals surface area contributed by atoms with Gasteiger partial charge in [0.05, 0.1) is 0 Å². The third-order valence-electron chi connectivity index (χ3n) is 4.08. The van der Waals surface area contributed by atoms with E-state index in [0.717, 1.165) is 16.7 Å². The van der Waals surface area contributed by atoms with E-state index < -0.39 is 6.10 Å². The van der Waals surface area contributed by atoms with Crippen molar-refractivity contribution >= 4 is 5.91 Å². The number of halogens is 1. The van der Waals surface area contributed by atoms with Gasteiger partial charge in [-0.1, -0.05) is 42.5 Å². The van der Waals surface area contributed by atoms with Gasteiger partial charge in [0.15, 0.2) is 6.10 Å². The molecule has 0 unspecified atom stereocenters. The van der Waals surface area contributed by atoms with Crippen LogP contribution in [-0.2, 0) is 22.5 Å². The molecule has 0 saturated carbocycles. The molecule has 1 atom stereocenters. The Kier molecular flexibility index (Phi) is 4.20. The second-order valence-electron chi connectivity index (χ2n) is 5.41. The zero-order chi connectivity index (χ0) is 15.5. The molecule has 0 fully saturated rings. The summed E-state index contributed by atoms with van der Waals surface area (Å²) < 4.78 is 19.2. The third-order valence-corrected chi connectivity index (χ3v) is 4.08. The summed E-state index contributed by atoms with van der Waals surface area (Å²) in [4.78, 5) is 14.5. The number of amides is 1. The molecule has 1 aliphatic rings. The smallest absolute Gasteiger partial charge is 0.256 e. The van der Waals surface area contributed by atoms with Gasteiger partial charge in [0.25, 0.3) is 5.91 Å². The quantitative estimate of drug-likeness (QED) is 0.871. The van der Waals surface area contributed by atoms with Crippen LogP contribution in [-0.4, -0.2) is 24.5 Å². The van der Waals surface area contributed by atoms with Crippen molar-refractivity contribution in [2.45, 2.75) is 19.1 Å². The Bertz CT molecular complexity index is 672. The van der Waals surface area contributed by atoms with Crippen LogP contribution in [0.1, 0.15) is 22.8 Å². The number of hydrogen-bond donors (Lipinski definition) is 0. The number of hydrogen-bond acceptors (Lipinski definition) is 2. The van der Waals surface area contributed by atoms with Crippen molar-refractivity contribution in [2.75, 3.05) is 13.7 Å². The molecule has 1 amide bonds. The number of carbonyl (C=O) groups is 1. The van der Waals surface area contributed by atoms with Crippen molar-refractivity contribution in [2.24, 2.45) is 0 Å². The second-order valence-corrected chi connectivity index (χ2v) is 5.41. The maximum Gasteiger partial charge on any atom is 0.256 e. The highest BCUT2D eigenvalue weighted by Gasteiger charge is 2.29. The average molecular weight is 299 g/mol. The van der Waals surface area contributed by atoms with Gasteiger partial charge in [-0.3, -0.25) is 4.79 Å². The minimum atomic E-state index is -0.615. The van der Waals surface area contributed by atoms with Gasteiger partial charge in [-0.15, -0.1) is 0 Å². The highest BCUT2D eigenvalue weighted by atomic mass is 19.1. The molecule has 114 valence electrons. The number of fused-ring (bicyclic) bond motifs is 1. The van der Waals surface area contributed by atoms with E-state index in [4.69, 9.17) is 4.74 Å². The number of methoxy groups -OCH3 is 1. The molecule has 0 bridgehead atoms. The molecule has 0 saturated heterocycles. The van der Waals surface area contributed by atoms with Crippen LogP contribution in [0.5, 0.6) is 0 Å². The Morgan fingerprint density at radius 1 is 1.18 bits per heavy atom. The first-order chi connectivity index (χ1) is 10.7. The maximum absolute atomic E-state index is 13.8. The summed E-state index contributed by atoms with van der Waals surface area (Å²) in [5, 5.41) is 0. The summed E-state index contributed by atoms with van der Waals surface area (Å²) in [7, 11) is 1.53. The maximum atomic E-state index is 13.8. The number of benzene rings is 2. The summed E-state index contributed by atoms with van der Waals surface area (Å²) in [6, 6.07) is 14.5. The van der Waals surface area contributed by atoms with Crippen molar-refractivity contribution in [3.05, 3.63) is 71.0 Å². The first kappa shape index (κ1) is 14.7. The van der Waals surface area contributed by atoms with Gasteiger partial charge in [0.1, 0.15) is 5.82 Å². The summed E-state index contributed by atoms with van der Waals surface area (Å²) in [5.74, 6) is -0.264. The predicted molar refractivity (Wildman–Crippen MR) is 81.7 cm³/mol. The molecule has 1 heterocycles. The van der Waals surface area contributed by atoms with E-state index in [-0.39, 0.29) is 11.7 Å². The van der Waals surface area contributed by atoms with E-state index >= 15 is 0 Å². The predicted octanol–water partition coefficient (Wildman–Crippen LogP) is 3.10. The van der Waals surface area contributed by atoms with Gasteiger partial charge in [-0.25, -0.2) is 4.39 Å². The zero-order valence-corrected chi connectivity index (χ0v) is 12.5. The van der Waals surface area contributed by atoms with Crippen LogP contribution in [0.4, 0.5) is 4.39 Å². The van der Waals surface area contributed by atoms with Crippen LogP contribution in [0.2, 0.25) is 0 Å². The van der Waals surface area contributed by atoms with Crippen LogP contribution >= 0.6 is 0 Å². The fourth-order valence-electron chi connectivity index (χ4n) is 2.92. The Hall–Kier alpha value is -2.20. The Balaban J connectivity index is 1.81. The minimum absolute atomic E-state index is 0.0800. The molecular weight excluding hydrogens is 281 g/mol. The summed E-state index contributed by atoms with van der Waals surface area (Å²) in [5.41, 5.74) is 2.43. The number of carbonyl (C=O) groups excluding carboxylic acids is 1. The van der Waals surface area contributed by atoms with Crippen molar-refractivity contribution in [1.82, 2.24) is 4.90 Å². The number of rotatable bonds is 3. The van der Waals surface area contributed by atoms with Gasteiger partial charge < -0.3 is 9.64 Å². The molecule has 3 nitrogen and oxygen atoms in total. The van der Waals surface area contributed by atoms with Crippen molar-refractivity contribution in [3.63, 3.8) is 0 Å². The van der Waals surface area contributed by atoms with Crippen LogP contribution in [0.25, 0.3) is 0 Å². The summed E-state index contributed by atoms with van der Waals surface area (Å²) in [6.45, 7) is 0.943. The lowest BCUT2D eigenvalue weighted by Crippen LogP contribution is -2.39. The highest BCUT2D eigenvalue weighted by Crippen LogP contribution is 2.25. The van der Waals surface area contributed by atoms with Crippen LogP contribution in [0, 0.1) is 5.82 Å². The Morgan fingerprint density at radius 3 is 2.68 bits per heavy atom. The molecule has 0 aromatic heterocycles. The Morgan fingerprint density at radius 2 is 1.95 bits per heavy atom. The molecule has 0 N–H and O–H groups in total. The normalized spacial score (nSPS) is 15.3. The number of ether oxygens (including phenoxy) is 1. The van der Waals surface area contributed by atoms with E-state index in [1.165, 1.54) is 13.2 Å². The lowest BCUT2D eigenvalue weighted by atomic mass is 9.98. The zero-order valence-electron chi connectivity index (χ0n) is 12.5. The molecule has 0 aliphatic carbocycles. The summed E-state index contributed by atoms with van der Waals surface area (Å²) in [6.07, 6.45) is -0.0739. The second kappa shape index (κ2) is 6.28. The highest BCUT2D eigenvalue weighted by molar-refractivity contribution is 5.82. The summed E-state index contributed by atoms with van der Waals surface area (Å²) >= 11 is 0. The topological polar surface area (TPSA) is 29.5 Å². The SMILES string of the molecule is CO[C@@H](C(=O)N1CCc2c(F)cccc2C1)c1ccccc1. The van der Waals surface area contributed by atoms with Gasteiger partial charge in [0.2, 0.25) is 0 Å². The van der Waals surface area contributed by atoms with E-state index in [2.05, 4.69) is 0 Å². The molecule has 1 aliphatic heterocycles. The van der Waals surface area contributed by atoms with Crippen molar-refractivity contribution in [1.29, 1.82) is 0 Å². The van der Waals surface area contributed by atoms with Gasteiger partial charge >= 0.3 is 0 Å². The van der Waals surface area contributed by atoms with Crippen LogP contribution < -0.4 is 0 Å². The molecular formula is C18H18FNO2. The van der Waals surface area contributed by atoms with Crippen LogP contribution in [0.3, 0.4) is 0 Å². The average Bonchev–Trinajstić information content (AvgIpc) is 2.56. The van der Waals surface area contributed by atoms with E-state index in [1.54, 1.807) is 11.0 Å². The van der Waals surface area contributed by atoms with E-state index in [9.17, 15) is 9.18 Å². The van der Waals surface area contributed by atoms with Crippen molar-refractivity contribution in [3.8, 4) is 0 Å².